The van der Waals surface area contributed by atoms with Crippen LogP contribution in [0.3, 0.4) is 0 Å². The molecular formula is C36H50O. The summed E-state index contributed by atoms with van der Waals surface area (Å²) in [5.74, 6) is 1.24. The lowest BCUT2D eigenvalue weighted by atomic mass is 9.83. The Hall–Kier alpha value is -2.54. The Morgan fingerprint density at radius 1 is 0.541 bits per heavy atom. The van der Waals surface area contributed by atoms with E-state index in [1.54, 1.807) is 0 Å². The summed E-state index contributed by atoms with van der Waals surface area (Å²) in [6, 6.07) is 24.1. The fourth-order valence-electron chi connectivity index (χ4n) is 5.87. The quantitative estimate of drug-likeness (QED) is 0.195. The van der Waals surface area contributed by atoms with Gasteiger partial charge in [-0.05, 0) is 89.8 Å². The maximum Gasteiger partial charge on any atom is 0.119 e. The summed E-state index contributed by atoms with van der Waals surface area (Å²) in [4.78, 5) is 0. The molecule has 0 amide bonds. The van der Waals surface area contributed by atoms with Crippen LogP contribution in [-0.4, -0.2) is 5.11 Å². The van der Waals surface area contributed by atoms with Crippen LogP contribution in [0.5, 0.6) is 5.75 Å². The smallest absolute Gasteiger partial charge is 0.119 e. The van der Waals surface area contributed by atoms with Crippen molar-refractivity contribution in [3.8, 4) is 5.75 Å². The number of hydrogen-bond acceptors (Lipinski definition) is 1. The maximum absolute atomic E-state index is 11.0. The molecule has 0 saturated heterocycles. The standard InChI is InChI=1S/C36H50O/c1-5-7-9-11-18-30-20-13-15-23-33(30)28(3)26-32-22-17-25-36(37)35(32)27-29(4)34-24-16-14-21-31(34)19-12-10-8-6-2/h13-17,20-25,28-29,37H,5-12,18-19,26-27H2,1-4H3. The lowest BCUT2D eigenvalue weighted by Gasteiger charge is -2.22. The highest BCUT2D eigenvalue weighted by Gasteiger charge is 2.18. The Morgan fingerprint density at radius 2 is 1.03 bits per heavy atom. The average molecular weight is 499 g/mol. The Balaban J connectivity index is 1.75. The number of unbranched alkanes of at least 4 members (excludes halogenated alkanes) is 6. The summed E-state index contributed by atoms with van der Waals surface area (Å²) in [5.41, 5.74) is 8.31. The van der Waals surface area contributed by atoms with Gasteiger partial charge < -0.3 is 5.11 Å². The van der Waals surface area contributed by atoms with E-state index in [2.05, 4.69) is 82.3 Å². The number of phenolic OH excluding ortho intramolecular Hbond substituents is 1. The van der Waals surface area contributed by atoms with Gasteiger partial charge in [0.2, 0.25) is 0 Å². The Labute approximate surface area is 227 Å². The van der Waals surface area contributed by atoms with E-state index in [0.29, 0.717) is 17.6 Å². The van der Waals surface area contributed by atoms with Crippen LogP contribution in [0.2, 0.25) is 0 Å². The van der Waals surface area contributed by atoms with E-state index in [-0.39, 0.29) is 0 Å². The van der Waals surface area contributed by atoms with E-state index in [4.69, 9.17) is 0 Å². The highest BCUT2D eigenvalue weighted by atomic mass is 16.3. The number of benzene rings is 3. The van der Waals surface area contributed by atoms with Gasteiger partial charge in [-0.15, -0.1) is 0 Å². The molecule has 2 unspecified atom stereocenters. The van der Waals surface area contributed by atoms with Crippen LogP contribution in [0.1, 0.15) is 124 Å². The van der Waals surface area contributed by atoms with Crippen LogP contribution >= 0.6 is 0 Å². The summed E-state index contributed by atoms with van der Waals surface area (Å²) in [6.07, 6.45) is 14.5. The Morgan fingerprint density at radius 3 is 1.57 bits per heavy atom. The molecule has 1 heteroatoms. The molecule has 0 heterocycles. The van der Waals surface area contributed by atoms with Gasteiger partial charge in [0, 0.05) is 0 Å². The van der Waals surface area contributed by atoms with Crippen LogP contribution in [0, 0.1) is 0 Å². The van der Waals surface area contributed by atoms with Crippen molar-refractivity contribution in [2.75, 3.05) is 0 Å². The zero-order valence-electron chi connectivity index (χ0n) is 23.9. The molecule has 0 spiro atoms. The number of rotatable bonds is 16. The molecule has 2 atom stereocenters. The Bertz CT molecular complexity index is 1070. The average Bonchev–Trinajstić information content (AvgIpc) is 2.91. The lowest BCUT2D eigenvalue weighted by molar-refractivity contribution is 0.464. The van der Waals surface area contributed by atoms with Crippen molar-refractivity contribution in [1.82, 2.24) is 0 Å². The van der Waals surface area contributed by atoms with Gasteiger partial charge in [-0.3, -0.25) is 0 Å². The van der Waals surface area contributed by atoms with Crippen molar-refractivity contribution in [1.29, 1.82) is 0 Å². The first kappa shape index (κ1) is 29.0. The molecule has 0 aliphatic rings. The van der Waals surface area contributed by atoms with Crippen molar-refractivity contribution < 1.29 is 5.11 Å². The van der Waals surface area contributed by atoms with E-state index in [0.717, 1.165) is 24.8 Å². The third kappa shape index (κ3) is 8.77. The van der Waals surface area contributed by atoms with E-state index in [9.17, 15) is 5.11 Å². The second-order valence-electron chi connectivity index (χ2n) is 11.1. The summed E-state index contributed by atoms with van der Waals surface area (Å²) >= 11 is 0. The van der Waals surface area contributed by atoms with Gasteiger partial charge in [-0.1, -0.05) is 127 Å². The van der Waals surface area contributed by atoms with Gasteiger partial charge in [0.1, 0.15) is 5.75 Å². The van der Waals surface area contributed by atoms with Crippen LogP contribution in [0.4, 0.5) is 0 Å². The largest absolute Gasteiger partial charge is 0.508 e. The maximum atomic E-state index is 11.0. The molecule has 1 nitrogen and oxygen atoms in total. The van der Waals surface area contributed by atoms with Gasteiger partial charge >= 0.3 is 0 Å². The second-order valence-corrected chi connectivity index (χ2v) is 11.1. The first-order valence-electron chi connectivity index (χ1n) is 15.0. The van der Waals surface area contributed by atoms with Crippen LogP contribution in [0.25, 0.3) is 0 Å². The molecule has 0 aliphatic carbocycles. The van der Waals surface area contributed by atoms with Crippen LogP contribution in [-0.2, 0) is 25.7 Å². The number of aryl methyl sites for hydroxylation is 2. The Kier molecular flexibility index (Phi) is 12.3. The number of hydrogen-bond donors (Lipinski definition) is 1. The molecule has 0 saturated carbocycles. The minimum atomic E-state index is 0.371. The van der Waals surface area contributed by atoms with Gasteiger partial charge in [0.25, 0.3) is 0 Å². The fourth-order valence-corrected chi connectivity index (χ4v) is 5.87. The fraction of sp³-hybridized carbons (Fsp3) is 0.500. The first-order chi connectivity index (χ1) is 18.0. The minimum Gasteiger partial charge on any atom is -0.508 e. The predicted molar refractivity (Wildman–Crippen MR) is 161 cm³/mol. The molecular weight excluding hydrogens is 448 g/mol. The summed E-state index contributed by atoms with van der Waals surface area (Å²) < 4.78 is 0. The molecule has 200 valence electrons. The van der Waals surface area contributed by atoms with Crippen LogP contribution in [0.15, 0.2) is 66.7 Å². The molecule has 3 aromatic rings. The van der Waals surface area contributed by atoms with Crippen molar-refractivity contribution in [2.24, 2.45) is 0 Å². The van der Waals surface area contributed by atoms with Crippen molar-refractivity contribution >= 4 is 0 Å². The second kappa shape index (κ2) is 15.7. The van der Waals surface area contributed by atoms with Gasteiger partial charge in [-0.2, -0.15) is 0 Å². The van der Waals surface area contributed by atoms with E-state index in [1.807, 2.05) is 12.1 Å². The third-order valence-corrected chi connectivity index (χ3v) is 8.06. The van der Waals surface area contributed by atoms with E-state index >= 15 is 0 Å². The van der Waals surface area contributed by atoms with E-state index < -0.39 is 0 Å². The molecule has 0 aromatic heterocycles. The summed E-state index contributed by atoms with van der Waals surface area (Å²) in [6.45, 7) is 9.23. The third-order valence-electron chi connectivity index (χ3n) is 8.06. The first-order valence-corrected chi connectivity index (χ1v) is 15.0. The number of aromatic hydroxyl groups is 1. The number of phenols is 1. The minimum absolute atomic E-state index is 0.371. The van der Waals surface area contributed by atoms with Crippen molar-refractivity contribution in [3.05, 3.63) is 100 Å². The highest BCUT2D eigenvalue weighted by Crippen LogP contribution is 2.34. The SMILES string of the molecule is CCCCCCc1ccccc1C(C)Cc1cccc(O)c1CC(C)c1ccccc1CCCCCC. The molecule has 3 rings (SSSR count). The lowest BCUT2D eigenvalue weighted by Crippen LogP contribution is -2.08. The zero-order valence-corrected chi connectivity index (χ0v) is 23.9. The topological polar surface area (TPSA) is 20.2 Å². The van der Waals surface area contributed by atoms with Gasteiger partial charge in [0.15, 0.2) is 0 Å². The molecule has 37 heavy (non-hydrogen) atoms. The van der Waals surface area contributed by atoms with Gasteiger partial charge in [-0.25, -0.2) is 0 Å². The summed E-state index contributed by atoms with van der Waals surface area (Å²) in [5, 5.41) is 11.0. The molecule has 0 bridgehead atoms. The molecule has 0 radical (unpaired) electrons. The molecule has 3 aromatic carbocycles. The summed E-state index contributed by atoms with van der Waals surface area (Å²) in [7, 11) is 0. The monoisotopic (exact) mass is 498 g/mol. The highest BCUT2D eigenvalue weighted by molar-refractivity contribution is 5.43. The van der Waals surface area contributed by atoms with Crippen molar-refractivity contribution in [2.45, 2.75) is 117 Å². The van der Waals surface area contributed by atoms with Crippen molar-refractivity contribution in [3.63, 3.8) is 0 Å². The molecule has 0 aliphatic heterocycles. The predicted octanol–water partition coefficient (Wildman–Crippen LogP) is 10.3. The zero-order chi connectivity index (χ0) is 26.5. The van der Waals surface area contributed by atoms with Crippen LogP contribution < -0.4 is 0 Å². The molecule has 1 N–H and O–H groups in total. The normalized spacial score (nSPS) is 13.0. The molecule has 0 fully saturated rings. The van der Waals surface area contributed by atoms with E-state index in [1.165, 1.54) is 85.6 Å². The van der Waals surface area contributed by atoms with Gasteiger partial charge in [0.05, 0.1) is 0 Å².